The Morgan fingerprint density at radius 1 is 0.980 bits per heavy atom. The summed E-state index contributed by atoms with van der Waals surface area (Å²) in [6.45, 7) is 2.51. The second-order valence-electron chi connectivity index (χ2n) is 12.3. The summed E-state index contributed by atoms with van der Waals surface area (Å²) >= 11 is 13.9. The van der Waals surface area contributed by atoms with Crippen LogP contribution >= 0.6 is 54.8 Å². The van der Waals surface area contributed by atoms with Gasteiger partial charge in [-0.15, -0.1) is 11.3 Å². The monoisotopic (exact) mass is 886 g/mol. The second kappa shape index (κ2) is 16.3. The van der Waals surface area contributed by atoms with Crippen LogP contribution in [0.5, 0.6) is 0 Å². The molecule has 49 heavy (non-hydrogen) atoms. The zero-order chi connectivity index (χ0) is 35.5. The average Bonchev–Trinajstić information content (AvgIpc) is 3.41. The highest BCUT2D eigenvalue weighted by Crippen LogP contribution is 2.37. The Kier molecular flexibility index (Phi) is 12.8. The number of piperidine rings is 2. The van der Waals surface area contributed by atoms with Crippen LogP contribution in [-0.4, -0.2) is 69.4 Å². The molecule has 1 unspecified atom stereocenters. The van der Waals surface area contributed by atoms with Crippen molar-refractivity contribution in [2.75, 3.05) is 31.1 Å². The number of carboxylic acid groups (broad SMARTS) is 1. The molecule has 2 aliphatic rings. The maximum atomic E-state index is 13.6. The number of hydrogen-bond acceptors (Lipinski definition) is 8. The zero-order valence-corrected chi connectivity index (χ0v) is 32.5. The number of aromatic nitrogens is 1. The molecule has 5 rings (SSSR count). The van der Waals surface area contributed by atoms with E-state index in [0.29, 0.717) is 44.0 Å². The maximum Gasteiger partial charge on any atom is 0.322 e. The van der Waals surface area contributed by atoms with Crippen molar-refractivity contribution in [1.82, 2.24) is 14.0 Å². The summed E-state index contributed by atoms with van der Waals surface area (Å²) in [6, 6.07) is 4.21. The topological polar surface area (TPSA) is 137 Å². The van der Waals surface area contributed by atoms with E-state index >= 15 is 0 Å². The van der Waals surface area contributed by atoms with Crippen molar-refractivity contribution >= 4 is 86.6 Å². The Balaban J connectivity index is 1.07. The van der Waals surface area contributed by atoms with Crippen LogP contribution in [0.2, 0.25) is 4.34 Å². The molecule has 2 fully saturated rings. The van der Waals surface area contributed by atoms with E-state index in [4.69, 9.17) is 11.6 Å². The lowest BCUT2D eigenvalue weighted by molar-refractivity contribution is -0.138. The highest BCUT2D eigenvalue weighted by Gasteiger charge is 2.32. The van der Waals surface area contributed by atoms with Crippen LogP contribution in [-0.2, 0) is 31.3 Å². The zero-order valence-electron chi connectivity index (χ0n) is 26.1. The summed E-state index contributed by atoms with van der Waals surface area (Å²) in [6.07, 6.45) is 7.59. The molecule has 10 nitrogen and oxygen atoms in total. The van der Waals surface area contributed by atoms with Gasteiger partial charge in [-0.2, -0.15) is 9.03 Å². The number of nitrogens with one attached hydrogen (secondary N) is 1. The molecule has 2 aromatic heterocycles. The van der Waals surface area contributed by atoms with E-state index in [2.05, 4.69) is 46.5 Å². The number of rotatable bonds is 13. The number of sulfonamides is 2. The van der Waals surface area contributed by atoms with Gasteiger partial charge in [0.05, 0.1) is 4.47 Å². The minimum Gasteiger partial charge on any atom is -0.480 e. The van der Waals surface area contributed by atoms with Crippen molar-refractivity contribution in [3.8, 4) is 0 Å². The van der Waals surface area contributed by atoms with Gasteiger partial charge in [-0.1, -0.05) is 36.9 Å². The lowest BCUT2D eigenvalue weighted by atomic mass is 9.87. The molecular formula is C31H35Br2ClF2N4O6S3. The molecule has 0 saturated carbocycles. The molecule has 0 bridgehead atoms. The molecule has 3 aromatic rings. The van der Waals surface area contributed by atoms with Gasteiger partial charge in [-0.05, 0) is 106 Å². The fourth-order valence-corrected chi connectivity index (χ4v) is 12.1. The Hall–Kier alpha value is -1.73. The molecule has 0 amide bonds. The summed E-state index contributed by atoms with van der Waals surface area (Å²) < 4.78 is 84.4. The SMILES string of the molecule is O=C(O)C(Cc1ccc(F)c(F)c1)NS(=O)(=O)c1cnc(N2CCC(CCCC3CCN(S(=O)(=O)c4cc(Br)c(Cl)s4)CC3)CC2)c(Br)c1. The first-order valence-electron chi connectivity index (χ1n) is 15.7. The number of pyridine rings is 1. The van der Waals surface area contributed by atoms with E-state index in [1.165, 1.54) is 18.3 Å². The molecule has 18 heteroatoms. The van der Waals surface area contributed by atoms with Gasteiger partial charge in [0, 0.05) is 36.8 Å². The van der Waals surface area contributed by atoms with Gasteiger partial charge in [0.15, 0.2) is 11.6 Å². The van der Waals surface area contributed by atoms with Crippen molar-refractivity contribution in [1.29, 1.82) is 0 Å². The van der Waals surface area contributed by atoms with Crippen LogP contribution in [0.25, 0.3) is 0 Å². The van der Waals surface area contributed by atoms with E-state index in [0.717, 1.165) is 81.5 Å². The normalized spacial score (nSPS) is 17.8. The number of halogens is 5. The molecule has 0 spiro atoms. The molecule has 0 radical (unpaired) electrons. The first-order chi connectivity index (χ1) is 23.1. The third-order valence-corrected chi connectivity index (χ3v) is 15.9. The van der Waals surface area contributed by atoms with E-state index in [9.17, 15) is 35.5 Å². The summed E-state index contributed by atoms with van der Waals surface area (Å²) in [4.78, 5) is 18.1. The molecule has 2 aliphatic heterocycles. The molecular weight excluding hydrogens is 854 g/mol. The number of carboxylic acids is 1. The molecule has 2 N–H and O–H groups in total. The fourth-order valence-electron chi connectivity index (χ4n) is 6.28. The van der Waals surface area contributed by atoms with Gasteiger partial charge in [-0.3, -0.25) is 4.79 Å². The van der Waals surface area contributed by atoms with Gasteiger partial charge in [0.1, 0.15) is 25.3 Å². The first kappa shape index (κ1) is 38.5. The van der Waals surface area contributed by atoms with E-state index < -0.39 is 43.7 Å². The lowest BCUT2D eigenvalue weighted by Crippen LogP contribution is -2.42. The Labute approximate surface area is 310 Å². The van der Waals surface area contributed by atoms with Gasteiger partial charge in [0.25, 0.3) is 10.0 Å². The van der Waals surface area contributed by atoms with Crippen molar-refractivity contribution in [2.24, 2.45) is 11.8 Å². The van der Waals surface area contributed by atoms with Crippen LogP contribution in [0.3, 0.4) is 0 Å². The van der Waals surface area contributed by atoms with Crippen LogP contribution < -0.4 is 9.62 Å². The summed E-state index contributed by atoms with van der Waals surface area (Å²) in [5.74, 6) is -2.09. The number of carbonyl (C=O) groups is 1. The van der Waals surface area contributed by atoms with Crippen molar-refractivity contribution in [3.05, 3.63) is 67.0 Å². The van der Waals surface area contributed by atoms with Crippen molar-refractivity contribution < 1.29 is 35.5 Å². The third-order valence-electron chi connectivity index (χ3n) is 9.06. The molecule has 268 valence electrons. The number of aliphatic carboxylic acids is 1. The van der Waals surface area contributed by atoms with Crippen LogP contribution in [0.15, 0.2) is 54.6 Å². The molecule has 1 atom stereocenters. The first-order valence-corrected chi connectivity index (χ1v) is 21.4. The quantitative estimate of drug-likeness (QED) is 0.186. The second-order valence-corrected chi connectivity index (χ2v) is 19.6. The molecule has 1 aromatic carbocycles. The highest BCUT2D eigenvalue weighted by atomic mass is 79.9. The predicted octanol–water partition coefficient (Wildman–Crippen LogP) is 7.06. The number of thiophene rings is 1. The summed E-state index contributed by atoms with van der Waals surface area (Å²) in [5.41, 5.74) is 0.121. The van der Waals surface area contributed by atoms with Crippen LogP contribution in [0, 0.1) is 23.5 Å². The average molecular weight is 889 g/mol. The number of benzene rings is 1. The number of anilines is 1. The van der Waals surface area contributed by atoms with Gasteiger partial charge in [-0.25, -0.2) is 30.6 Å². The molecule has 4 heterocycles. The van der Waals surface area contributed by atoms with Gasteiger partial charge in [0.2, 0.25) is 10.0 Å². The van der Waals surface area contributed by atoms with E-state index in [1.54, 1.807) is 10.4 Å². The summed E-state index contributed by atoms with van der Waals surface area (Å²) in [7, 11) is -7.85. The predicted molar refractivity (Wildman–Crippen MR) is 191 cm³/mol. The summed E-state index contributed by atoms with van der Waals surface area (Å²) in [5, 5.41) is 9.61. The van der Waals surface area contributed by atoms with Crippen LogP contribution in [0.1, 0.15) is 50.5 Å². The Bertz CT molecular complexity index is 1870. The van der Waals surface area contributed by atoms with Crippen molar-refractivity contribution in [3.63, 3.8) is 0 Å². The third kappa shape index (κ3) is 9.58. The van der Waals surface area contributed by atoms with Gasteiger partial charge < -0.3 is 10.0 Å². The minimum atomic E-state index is -4.31. The molecule has 0 aliphatic carbocycles. The van der Waals surface area contributed by atoms with E-state index in [1.807, 2.05) is 0 Å². The Morgan fingerprint density at radius 3 is 2.16 bits per heavy atom. The number of nitrogens with zero attached hydrogens (tertiary/aromatic N) is 3. The largest absolute Gasteiger partial charge is 0.480 e. The Morgan fingerprint density at radius 2 is 1.61 bits per heavy atom. The molecule has 2 saturated heterocycles. The number of hydrogen-bond donors (Lipinski definition) is 2. The van der Waals surface area contributed by atoms with Crippen molar-refractivity contribution in [2.45, 2.75) is 66.5 Å². The van der Waals surface area contributed by atoms with Crippen LogP contribution in [0.4, 0.5) is 14.6 Å². The lowest BCUT2D eigenvalue weighted by Gasteiger charge is -2.34. The van der Waals surface area contributed by atoms with E-state index in [-0.39, 0.29) is 21.1 Å². The highest BCUT2D eigenvalue weighted by molar-refractivity contribution is 9.11. The fraction of sp³-hybridized carbons (Fsp3) is 0.484. The maximum absolute atomic E-state index is 13.6. The standard InChI is InChI=1S/C31H35Br2ClF2N4O6S3/c32-23-17-28(47-29(23)34)49(45,46)40-12-8-20(9-13-40)3-1-2-19-6-10-39(11-7-19)30-24(33)16-22(18-37-30)48(43,44)38-27(31(41)42)15-21-4-5-25(35)26(36)14-21/h4-5,14,16-20,27,38H,1-3,6-13,15H2,(H,41,42). The van der Waals surface area contributed by atoms with Gasteiger partial charge >= 0.3 is 5.97 Å². The smallest absolute Gasteiger partial charge is 0.322 e. The minimum absolute atomic E-state index is 0.121.